The second-order valence-electron chi connectivity index (χ2n) is 5.45. The van der Waals surface area contributed by atoms with E-state index in [1.165, 1.54) is 0 Å². The molecule has 0 spiro atoms. The van der Waals surface area contributed by atoms with Gasteiger partial charge >= 0.3 is 0 Å². The van der Waals surface area contributed by atoms with E-state index in [-0.39, 0.29) is 6.04 Å². The van der Waals surface area contributed by atoms with E-state index in [9.17, 15) is 0 Å². The van der Waals surface area contributed by atoms with Gasteiger partial charge in [0.05, 0.1) is 13.2 Å². The molecule has 1 aliphatic heterocycles. The summed E-state index contributed by atoms with van der Waals surface area (Å²) < 4.78 is 16.3. The summed E-state index contributed by atoms with van der Waals surface area (Å²) in [4.78, 5) is 0. The third-order valence-corrected chi connectivity index (χ3v) is 3.98. The standard InChI is InChI=1S/C18H20N2O3S/c1-12(13-3-6-15(21-2)7-4-13)19-18(24)20-14-5-8-16-17(11-14)23-10-9-22-16/h3-8,11-12H,9-10H2,1-2H3,(H2,19,20,24). The van der Waals surface area contributed by atoms with Crippen LogP contribution in [0.3, 0.4) is 0 Å². The lowest BCUT2D eigenvalue weighted by Gasteiger charge is -2.20. The Kier molecular flexibility index (Phi) is 5.05. The zero-order valence-electron chi connectivity index (χ0n) is 13.7. The monoisotopic (exact) mass is 344 g/mol. The van der Waals surface area contributed by atoms with Crippen LogP contribution in [-0.4, -0.2) is 25.4 Å². The van der Waals surface area contributed by atoms with Gasteiger partial charge in [0, 0.05) is 11.8 Å². The van der Waals surface area contributed by atoms with Crippen molar-refractivity contribution in [2.24, 2.45) is 0 Å². The van der Waals surface area contributed by atoms with E-state index in [4.69, 9.17) is 26.4 Å². The summed E-state index contributed by atoms with van der Waals surface area (Å²) in [5.41, 5.74) is 1.99. The molecule has 126 valence electrons. The molecule has 1 unspecified atom stereocenters. The second kappa shape index (κ2) is 7.40. The van der Waals surface area contributed by atoms with Crippen molar-refractivity contribution in [2.75, 3.05) is 25.6 Å². The molecule has 6 heteroatoms. The van der Waals surface area contributed by atoms with Crippen molar-refractivity contribution in [1.82, 2.24) is 5.32 Å². The third kappa shape index (κ3) is 3.89. The summed E-state index contributed by atoms with van der Waals surface area (Å²) in [6, 6.07) is 13.7. The SMILES string of the molecule is COc1ccc(C(C)NC(=S)Nc2ccc3c(c2)OCCO3)cc1. The number of nitrogens with one attached hydrogen (secondary N) is 2. The van der Waals surface area contributed by atoms with Crippen LogP contribution in [0.1, 0.15) is 18.5 Å². The summed E-state index contributed by atoms with van der Waals surface area (Å²) >= 11 is 5.40. The molecule has 2 aromatic carbocycles. The highest BCUT2D eigenvalue weighted by Gasteiger charge is 2.13. The van der Waals surface area contributed by atoms with Gasteiger partial charge in [-0.15, -0.1) is 0 Å². The Morgan fingerprint density at radius 3 is 2.50 bits per heavy atom. The first-order valence-electron chi connectivity index (χ1n) is 7.77. The maximum absolute atomic E-state index is 5.58. The average molecular weight is 344 g/mol. The highest BCUT2D eigenvalue weighted by molar-refractivity contribution is 7.80. The highest BCUT2D eigenvalue weighted by Crippen LogP contribution is 2.32. The predicted molar refractivity (Wildman–Crippen MR) is 98.2 cm³/mol. The first-order valence-corrected chi connectivity index (χ1v) is 8.17. The molecule has 1 aliphatic rings. The molecule has 5 nitrogen and oxygen atoms in total. The third-order valence-electron chi connectivity index (χ3n) is 3.76. The normalized spacial score (nSPS) is 13.8. The van der Waals surface area contributed by atoms with Crippen molar-refractivity contribution in [3.8, 4) is 17.2 Å². The van der Waals surface area contributed by atoms with Crippen molar-refractivity contribution >= 4 is 23.0 Å². The molecule has 0 aliphatic carbocycles. The van der Waals surface area contributed by atoms with Gasteiger partial charge in [-0.25, -0.2) is 0 Å². The molecule has 0 radical (unpaired) electrons. The van der Waals surface area contributed by atoms with Gasteiger partial charge in [0.15, 0.2) is 16.6 Å². The largest absolute Gasteiger partial charge is 0.497 e. The van der Waals surface area contributed by atoms with Crippen molar-refractivity contribution < 1.29 is 14.2 Å². The smallest absolute Gasteiger partial charge is 0.171 e. The van der Waals surface area contributed by atoms with Crippen molar-refractivity contribution in [2.45, 2.75) is 13.0 Å². The fraction of sp³-hybridized carbons (Fsp3) is 0.278. The molecular weight excluding hydrogens is 324 g/mol. The van der Waals surface area contributed by atoms with Crippen molar-refractivity contribution in [1.29, 1.82) is 0 Å². The number of fused-ring (bicyclic) bond motifs is 1. The summed E-state index contributed by atoms with van der Waals surface area (Å²) in [5, 5.41) is 7.00. The topological polar surface area (TPSA) is 51.8 Å². The van der Waals surface area contributed by atoms with Gasteiger partial charge in [-0.05, 0) is 49.0 Å². The van der Waals surface area contributed by atoms with Crippen LogP contribution in [0.15, 0.2) is 42.5 Å². The Morgan fingerprint density at radius 1 is 1.08 bits per heavy atom. The Balaban J connectivity index is 1.60. The van der Waals surface area contributed by atoms with Gasteiger partial charge in [-0.1, -0.05) is 12.1 Å². The first kappa shape index (κ1) is 16.4. The number of methoxy groups -OCH3 is 1. The molecular formula is C18H20N2O3S. The molecule has 2 N–H and O–H groups in total. The average Bonchev–Trinajstić information content (AvgIpc) is 2.61. The maximum atomic E-state index is 5.58. The summed E-state index contributed by atoms with van der Waals surface area (Å²) in [5.74, 6) is 2.33. The Hall–Kier alpha value is -2.47. The molecule has 0 bridgehead atoms. The first-order chi connectivity index (χ1) is 11.7. The second-order valence-corrected chi connectivity index (χ2v) is 5.86. The highest BCUT2D eigenvalue weighted by atomic mass is 32.1. The quantitative estimate of drug-likeness (QED) is 0.828. The van der Waals surface area contributed by atoms with Crippen LogP contribution in [0.5, 0.6) is 17.2 Å². The van der Waals surface area contributed by atoms with Gasteiger partial charge in [-0.2, -0.15) is 0 Å². The van der Waals surface area contributed by atoms with Gasteiger partial charge in [0.25, 0.3) is 0 Å². The fourth-order valence-electron chi connectivity index (χ4n) is 2.46. The number of benzene rings is 2. The number of hydrogen-bond acceptors (Lipinski definition) is 4. The lowest BCUT2D eigenvalue weighted by atomic mass is 10.1. The van der Waals surface area contributed by atoms with Gasteiger partial charge < -0.3 is 24.8 Å². The zero-order chi connectivity index (χ0) is 16.9. The van der Waals surface area contributed by atoms with Crippen molar-refractivity contribution in [3.63, 3.8) is 0 Å². The predicted octanol–water partition coefficient (Wildman–Crippen LogP) is 3.51. The minimum Gasteiger partial charge on any atom is -0.497 e. The van der Waals surface area contributed by atoms with E-state index in [1.807, 2.05) is 42.5 Å². The molecule has 0 fully saturated rings. The molecule has 0 aromatic heterocycles. The van der Waals surface area contributed by atoms with Crippen LogP contribution < -0.4 is 24.8 Å². The van der Waals surface area contributed by atoms with Crippen LogP contribution in [0.25, 0.3) is 0 Å². The minimum absolute atomic E-state index is 0.0770. The number of ether oxygens (including phenoxy) is 3. The van der Waals surface area contributed by atoms with Crippen LogP contribution in [-0.2, 0) is 0 Å². The van der Waals surface area contributed by atoms with Gasteiger partial charge in [0.1, 0.15) is 19.0 Å². The molecule has 0 amide bonds. The molecule has 1 heterocycles. The van der Waals surface area contributed by atoms with Crippen LogP contribution >= 0.6 is 12.2 Å². The maximum Gasteiger partial charge on any atom is 0.171 e. The van der Waals surface area contributed by atoms with E-state index in [0.29, 0.717) is 18.3 Å². The van der Waals surface area contributed by atoms with Crippen LogP contribution in [0, 0.1) is 0 Å². The van der Waals surface area contributed by atoms with Gasteiger partial charge in [0.2, 0.25) is 0 Å². The Morgan fingerprint density at radius 2 is 1.79 bits per heavy atom. The van der Waals surface area contributed by atoms with Crippen LogP contribution in [0.2, 0.25) is 0 Å². The minimum atomic E-state index is 0.0770. The van der Waals surface area contributed by atoms with Crippen molar-refractivity contribution in [3.05, 3.63) is 48.0 Å². The molecule has 0 saturated heterocycles. The van der Waals surface area contributed by atoms with E-state index in [2.05, 4.69) is 17.6 Å². The summed E-state index contributed by atoms with van der Waals surface area (Å²) in [6.45, 7) is 3.20. The number of anilines is 1. The molecule has 0 saturated carbocycles. The number of rotatable bonds is 4. The van der Waals surface area contributed by atoms with E-state index >= 15 is 0 Å². The zero-order valence-corrected chi connectivity index (χ0v) is 14.5. The van der Waals surface area contributed by atoms with E-state index < -0.39 is 0 Å². The summed E-state index contributed by atoms with van der Waals surface area (Å²) in [7, 11) is 1.66. The molecule has 3 rings (SSSR count). The number of hydrogen-bond donors (Lipinski definition) is 2. The van der Waals surface area contributed by atoms with E-state index in [0.717, 1.165) is 28.5 Å². The Labute approximate surface area is 146 Å². The van der Waals surface area contributed by atoms with Gasteiger partial charge in [-0.3, -0.25) is 0 Å². The molecule has 2 aromatic rings. The Bertz CT molecular complexity index is 719. The lowest BCUT2D eigenvalue weighted by Crippen LogP contribution is -2.30. The lowest BCUT2D eigenvalue weighted by molar-refractivity contribution is 0.171. The molecule has 24 heavy (non-hydrogen) atoms. The summed E-state index contributed by atoms with van der Waals surface area (Å²) in [6.07, 6.45) is 0. The van der Waals surface area contributed by atoms with E-state index in [1.54, 1.807) is 7.11 Å². The van der Waals surface area contributed by atoms with Crippen LogP contribution in [0.4, 0.5) is 5.69 Å². The fourth-order valence-corrected chi connectivity index (χ4v) is 2.76. The molecule has 1 atom stereocenters. The number of thiocarbonyl (C=S) groups is 1.